The highest BCUT2D eigenvalue weighted by molar-refractivity contribution is 6.35. The van der Waals surface area contributed by atoms with Crippen molar-refractivity contribution in [3.8, 4) is 5.75 Å². The number of nitrogens with zero attached hydrogens (tertiary/aromatic N) is 1. The lowest BCUT2D eigenvalue weighted by Crippen LogP contribution is -2.27. The van der Waals surface area contributed by atoms with Crippen LogP contribution >= 0.6 is 11.6 Å². The molecule has 20 heavy (non-hydrogen) atoms. The van der Waals surface area contributed by atoms with Crippen LogP contribution in [0.2, 0.25) is 5.02 Å². The molecule has 0 atom stereocenters. The predicted molar refractivity (Wildman–Crippen MR) is 81.6 cm³/mol. The lowest BCUT2D eigenvalue weighted by molar-refractivity contribution is 0.0993. The number of rotatable bonds is 3. The zero-order valence-electron chi connectivity index (χ0n) is 11.3. The van der Waals surface area contributed by atoms with Gasteiger partial charge >= 0.3 is 0 Å². The van der Waals surface area contributed by atoms with Gasteiger partial charge in [0.25, 0.3) is 5.91 Å². The van der Waals surface area contributed by atoms with Crippen LogP contribution in [0.25, 0.3) is 0 Å². The van der Waals surface area contributed by atoms with E-state index in [1.54, 1.807) is 44.5 Å². The van der Waals surface area contributed by atoms with Crippen LogP contribution in [0.1, 0.15) is 10.4 Å². The highest BCUT2D eigenvalue weighted by atomic mass is 35.5. The molecule has 0 aliphatic carbocycles. The topological polar surface area (TPSA) is 55.6 Å². The van der Waals surface area contributed by atoms with E-state index in [2.05, 4.69) is 0 Å². The Labute approximate surface area is 122 Å². The van der Waals surface area contributed by atoms with Gasteiger partial charge in [-0.25, -0.2) is 0 Å². The fourth-order valence-electron chi connectivity index (χ4n) is 1.95. The summed E-state index contributed by atoms with van der Waals surface area (Å²) in [5, 5.41) is 0.330. The molecule has 0 aliphatic rings. The standard InChI is InChI=1S/C15H15ClN2O2/c1-18(12-8-3-4-9-13(12)20-2)15(19)14-10(16)6-5-7-11(14)17/h3-9H,17H2,1-2H3. The number of para-hydroxylation sites is 2. The van der Waals surface area contributed by atoms with Crippen LogP contribution in [0.15, 0.2) is 42.5 Å². The molecule has 0 bridgehead atoms. The number of nitrogens with two attached hydrogens (primary N) is 1. The van der Waals surface area contributed by atoms with Crippen molar-refractivity contribution in [1.29, 1.82) is 0 Å². The van der Waals surface area contributed by atoms with E-state index in [0.717, 1.165) is 0 Å². The number of carbonyl (C=O) groups excluding carboxylic acids is 1. The molecule has 2 aromatic carbocycles. The van der Waals surface area contributed by atoms with E-state index in [4.69, 9.17) is 22.1 Å². The van der Waals surface area contributed by atoms with E-state index < -0.39 is 0 Å². The van der Waals surface area contributed by atoms with Crippen molar-refractivity contribution in [1.82, 2.24) is 0 Å². The van der Waals surface area contributed by atoms with Crippen LogP contribution in [0.5, 0.6) is 5.75 Å². The van der Waals surface area contributed by atoms with Gasteiger partial charge in [-0.3, -0.25) is 4.79 Å². The molecule has 5 heteroatoms. The number of methoxy groups -OCH3 is 1. The summed E-state index contributed by atoms with van der Waals surface area (Å²) >= 11 is 6.07. The van der Waals surface area contributed by atoms with E-state index in [1.807, 2.05) is 12.1 Å². The first-order valence-electron chi connectivity index (χ1n) is 6.01. The summed E-state index contributed by atoms with van der Waals surface area (Å²) in [5.74, 6) is 0.326. The first-order chi connectivity index (χ1) is 9.56. The summed E-state index contributed by atoms with van der Waals surface area (Å²) in [4.78, 5) is 14.0. The van der Waals surface area contributed by atoms with Gasteiger partial charge in [0.05, 0.1) is 23.4 Å². The second kappa shape index (κ2) is 5.84. The van der Waals surface area contributed by atoms with Crippen molar-refractivity contribution in [2.75, 3.05) is 24.8 Å². The summed E-state index contributed by atoms with van der Waals surface area (Å²) in [6, 6.07) is 12.2. The zero-order valence-corrected chi connectivity index (χ0v) is 12.0. The van der Waals surface area contributed by atoms with E-state index >= 15 is 0 Å². The Balaban J connectivity index is 2.43. The average Bonchev–Trinajstić information content (AvgIpc) is 2.46. The van der Waals surface area contributed by atoms with Crippen molar-refractivity contribution < 1.29 is 9.53 Å². The van der Waals surface area contributed by atoms with Gasteiger partial charge in [-0.1, -0.05) is 29.8 Å². The maximum Gasteiger partial charge on any atom is 0.261 e. The molecule has 1 amide bonds. The maximum absolute atomic E-state index is 12.6. The number of anilines is 2. The monoisotopic (exact) mass is 290 g/mol. The van der Waals surface area contributed by atoms with Gasteiger partial charge in [-0.05, 0) is 24.3 Å². The summed E-state index contributed by atoms with van der Waals surface area (Å²) in [6.45, 7) is 0. The highest BCUT2D eigenvalue weighted by Gasteiger charge is 2.21. The Morgan fingerprint density at radius 3 is 2.55 bits per heavy atom. The number of nitrogen functional groups attached to an aromatic ring is 1. The number of amides is 1. The molecule has 0 spiro atoms. The maximum atomic E-state index is 12.6. The minimum Gasteiger partial charge on any atom is -0.495 e. The first-order valence-corrected chi connectivity index (χ1v) is 6.39. The molecular weight excluding hydrogens is 276 g/mol. The molecule has 2 aromatic rings. The van der Waals surface area contributed by atoms with Gasteiger partial charge in [0.15, 0.2) is 0 Å². The summed E-state index contributed by atoms with van der Waals surface area (Å²) < 4.78 is 5.25. The molecule has 0 radical (unpaired) electrons. The van der Waals surface area contributed by atoms with Crippen LogP contribution in [0.4, 0.5) is 11.4 Å². The number of benzene rings is 2. The molecule has 0 aromatic heterocycles. The number of hydrogen-bond acceptors (Lipinski definition) is 3. The minimum absolute atomic E-state index is 0.280. The Hall–Kier alpha value is -2.20. The number of carbonyl (C=O) groups is 1. The van der Waals surface area contributed by atoms with Crippen molar-refractivity contribution >= 4 is 28.9 Å². The summed E-state index contributed by atoms with van der Waals surface area (Å²) in [7, 11) is 3.21. The van der Waals surface area contributed by atoms with E-state index in [0.29, 0.717) is 27.7 Å². The largest absolute Gasteiger partial charge is 0.495 e. The van der Waals surface area contributed by atoms with E-state index in [1.165, 1.54) is 4.90 Å². The lowest BCUT2D eigenvalue weighted by Gasteiger charge is -2.21. The summed E-state index contributed by atoms with van der Waals surface area (Å²) in [5.41, 5.74) is 7.14. The van der Waals surface area contributed by atoms with E-state index in [-0.39, 0.29) is 5.91 Å². The summed E-state index contributed by atoms with van der Waals surface area (Å²) in [6.07, 6.45) is 0. The number of ether oxygens (including phenoxy) is 1. The second-order valence-corrected chi connectivity index (χ2v) is 4.65. The second-order valence-electron chi connectivity index (χ2n) is 4.24. The third-order valence-corrected chi connectivity index (χ3v) is 3.33. The van der Waals surface area contributed by atoms with Gasteiger partial charge in [0.2, 0.25) is 0 Å². The van der Waals surface area contributed by atoms with E-state index in [9.17, 15) is 4.79 Å². The normalized spacial score (nSPS) is 10.2. The Bertz CT molecular complexity index is 623. The molecule has 4 nitrogen and oxygen atoms in total. The molecular formula is C15H15ClN2O2. The van der Waals surface area contributed by atoms with Crippen LogP contribution in [0.3, 0.4) is 0 Å². The van der Waals surface area contributed by atoms with Crippen molar-refractivity contribution in [2.45, 2.75) is 0 Å². The molecule has 0 aliphatic heterocycles. The Morgan fingerprint density at radius 1 is 1.20 bits per heavy atom. The first kappa shape index (κ1) is 14.2. The smallest absolute Gasteiger partial charge is 0.261 e. The van der Waals surface area contributed by atoms with Gasteiger partial charge < -0.3 is 15.4 Å². The van der Waals surface area contributed by atoms with Crippen LogP contribution in [-0.2, 0) is 0 Å². The Kier molecular flexibility index (Phi) is 4.15. The molecule has 0 unspecified atom stereocenters. The van der Waals surface area contributed by atoms with Gasteiger partial charge in [-0.15, -0.1) is 0 Å². The highest BCUT2D eigenvalue weighted by Crippen LogP contribution is 2.30. The van der Waals surface area contributed by atoms with Crippen molar-refractivity contribution in [3.05, 3.63) is 53.1 Å². The lowest BCUT2D eigenvalue weighted by atomic mass is 10.1. The predicted octanol–water partition coefficient (Wildman–Crippen LogP) is 3.21. The minimum atomic E-state index is -0.280. The Morgan fingerprint density at radius 2 is 1.90 bits per heavy atom. The number of halogens is 1. The third-order valence-electron chi connectivity index (χ3n) is 3.01. The van der Waals surface area contributed by atoms with Gasteiger partial charge in [-0.2, -0.15) is 0 Å². The average molecular weight is 291 g/mol. The van der Waals surface area contributed by atoms with Crippen molar-refractivity contribution in [3.63, 3.8) is 0 Å². The van der Waals surface area contributed by atoms with Crippen LogP contribution in [-0.4, -0.2) is 20.1 Å². The van der Waals surface area contributed by atoms with Crippen LogP contribution in [0, 0.1) is 0 Å². The molecule has 104 valence electrons. The quantitative estimate of drug-likeness (QED) is 0.883. The fourth-order valence-corrected chi connectivity index (χ4v) is 2.21. The molecule has 0 saturated carbocycles. The van der Waals surface area contributed by atoms with Gasteiger partial charge in [0, 0.05) is 12.7 Å². The van der Waals surface area contributed by atoms with Crippen LogP contribution < -0.4 is 15.4 Å². The van der Waals surface area contributed by atoms with Gasteiger partial charge in [0.1, 0.15) is 5.75 Å². The fraction of sp³-hybridized carbons (Fsp3) is 0.133. The SMILES string of the molecule is COc1ccccc1N(C)C(=O)c1c(N)cccc1Cl. The zero-order chi connectivity index (χ0) is 14.7. The molecule has 0 fully saturated rings. The molecule has 2 N–H and O–H groups in total. The number of hydrogen-bond donors (Lipinski definition) is 1. The molecule has 0 heterocycles. The molecule has 0 saturated heterocycles. The third kappa shape index (κ3) is 2.56. The van der Waals surface area contributed by atoms with Crippen molar-refractivity contribution in [2.24, 2.45) is 0 Å². The molecule has 2 rings (SSSR count).